The predicted molar refractivity (Wildman–Crippen MR) is 62.5 cm³/mol. The maximum absolute atomic E-state index is 9.73. The van der Waals surface area contributed by atoms with Crippen molar-refractivity contribution < 1.29 is 9.59 Å². The molecule has 0 amide bonds. The normalized spacial score (nSPS) is 7.88. The smallest absolute Gasteiger partial charge is 0.211 e. The number of nitrogens with zero attached hydrogens (tertiary/aromatic N) is 2. The molecule has 0 saturated carbocycles. The molecule has 0 aromatic heterocycles. The maximum atomic E-state index is 9.73. The Morgan fingerprint density at radius 1 is 1.19 bits per heavy atom. The van der Waals surface area contributed by atoms with Crippen molar-refractivity contribution in [3.63, 3.8) is 0 Å². The molecule has 0 aliphatic carbocycles. The monoisotopic (exact) mass is 238 g/mol. The van der Waals surface area contributed by atoms with Crippen LogP contribution in [0.4, 0.5) is 5.69 Å². The van der Waals surface area contributed by atoms with Gasteiger partial charge in [-0.15, -0.1) is 0 Å². The first-order valence-electron chi connectivity index (χ1n) is 4.61. The Labute approximate surface area is 98.7 Å². The standard InChI is InChI=1S/C7H4ClNO.C4H7NO/c8-6-1-3-7(4-2-6)9-5-10;1-2-3-5-4-6/h1-4H;2-3H2,1H3. The van der Waals surface area contributed by atoms with Gasteiger partial charge in [-0.3, -0.25) is 0 Å². The first-order chi connectivity index (χ1) is 7.74. The number of benzene rings is 1. The minimum absolute atomic E-state index is 0.569. The Kier molecular flexibility index (Phi) is 8.75. The highest BCUT2D eigenvalue weighted by atomic mass is 35.5. The minimum atomic E-state index is 0.569. The molecule has 0 fully saturated rings. The van der Waals surface area contributed by atoms with Crippen LogP contribution in [0.25, 0.3) is 0 Å². The minimum Gasteiger partial charge on any atom is -0.211 e. The summed E-state index contributed by atoms with van der Waals surface area (Å²) in [5, 5.41) is 0.629. The summed E-state index contributed by atoms with van der Waals surface area (Å²) in [7, 11) is 0. The van der Waals surface area contributed by atoms with Gasteiger partial charge in [0.2, 0.25) is 12.2 Å². The number of hydrogen-bond acceptors (Lipinski definition) is 4. The summed E-state index contributed by atoms with van der Waals surface area (Å²) >= 11 is 5.57. The van der Waals surface area contributed by atoms with Crippen molar-refractivity contribution in [2.75, 3.05) is 6.54 Å². The lowest BCUT2D eigenvalue weighted by atomic mass is 10.3. The molecule has 0 aliphatic heterocycles. The van der Waals surface area contributed by atoms with E-state index < -0.39 is 0 Å². The van der Waals surface area contributed by atoms with Crippen LogP contribution in [0.1, 0.15) is 13.3 Å². The third-order valence-corrected chi connectivity index (χ3v) is 1.65. The van der Waals surface area contributed by atoms with Gasteiger partial charge in [-0.25, -0.2) is 14.6 Å². The van der Waals surface area contributed by atoms with E-state index in [1.807, 2.05) is 6.92 Å². The van der Waals surface area contributed by atoms with E-state index in [2.05, 4.69) is 9.98 Å². The summed E-state index contributed by atoms with van der Waals surface area (Å²) < 4.78 is 0. The second-order valence-corrected chi connectivity index (χ2v) is 3.09. The molecule has 1 rings (SSSR count). The molecule has 1 aromatic rings. The van der Waals surface area contributed by atoms with E-state index in [0.29, 0.717) is 17.3 Å². The molecule has 0 unspecified atom stereocenters. The van der Waals surface area contributed by atoms with Gasteiger partial charge in [0, 0.05) is 5.02 Å². The van der Waals surface area contributed by atoms with Crippen LogP contribution in [0.2, 0.25) is 5.02 Å². The van der Waals surface area contributed by atoms with Crippen molar-refractivity contribution >= 4 is 29.4 Å². The lowest BCUT2D eigenvalue weighted by Gasteiger charge is -1.88. The van der Waals surface area contributed by atoms with Crippen molar-refractivity contribution in [1.29, 1.82) is 0 Å². The van der Waals surface area contributed by atoms with E-state index in [-0.39, 0.29) is 0 Å². The third kappa shape index (κ3) is 7.65. The number of halogens is 1. The van der Waals surface area contributed by atoms with Gasteiger partial charge in [-0.2, -0.15) is 4.99 Å². The lowest BCUT2D eigenvalue weighted by Crippen LogP contribution is -1.69. The lowest BCUT2D eigenvalue weighted by molar-refractivity contribution is 0.562. The van der Waals surface area contributed by atoms with Crippen LogP contribution in [-0.2, 0) is 9.59 Å². The van der Waals surface area contributed by atoms with Crippen LogP contribution in [0, 0.1) is 0 Å². The molecule has 4 nitrogen and oxygen atoms in total. The molecule has 16 heavy (non-hydrogen) atoms. The van der Waals surface area contributed by atoms with Crippen molar-refractivity contribution in [3.8, 4) is 0 Å². The maximum Gasteiger partial charge on any atom is 0.240 e. The predicted octanol–water partition coefficient (Wildman–Crippen LogP) is 3.04. The number of hydrogen-bond donors (Lipinski definition) is 0. The third-order valence-electron chi connectivity index (χ3n) is 1.40. The molecule has 1 aromatic carbocycles. The van der Waals surface area contributed by atoms with Gasteiger partial charge in [-0.05, 0) is 30.7 Å². The van der Waals surface area contributed by atoms with Crippen molar-refractivity contribution in [2.24, 2.45) is 9.98 Å². The Morgan fingerprint density at radius 2 is 1.81 bits per heavy atom. The molecule has 0 heterocycles. The van der Waals surface area contributed by atoms with Crippen molar-refractivity contribution in [1.82, 2.24) is 0 Å². The Bertz CT molecular complexity index is 391. The zero-order valence-electron chi connectivity index (χ0n) is 8.81. The van der Waals surface area contributed by atoms with Crippen LogP contribution in [0.3, 0.4) is 0 Å². The van der Waals surface area contributed by atoms with E-state index >= 15 is 0 Å². The van der Waals surface area contributed by atoms with E-state index in [9.17, 15) is 9.59 Å². The summed E-state index contributed by atoms with van der Waals surface area (Å²) in [6, 6.07) is 6.62. The fourth-order valence-electron chi connectivity index (χ4n) is 0.726. The van der Waals surface area contributed by atoms with Gasteiger partial charge < -0.3 is 0 Å². The van der Waals surface area contributed by atoms with E-state index in [1.54, 1.807) is 24.3 Å². The van der Waals surface area contributed by atoms with Crippen LogP contribution in [0.5, 0.6) is 0 Å². The van der Waals surface area contributed by atoms with Crippen LogP contribution >= 0.6 is 11.6 Å². The highest BCUT2D eigenvalue weighted by Crippen LogP contribution is 2.14. The fraction of sp³-hybridized carbons (Fsp3) is 0.273. The Balaban J connectivity index is 0.000000325. The average molecular weight is 239 g/mol. The van der Waals surface area contributed by atoms with Gasteiger partial charge in [-0.1, -0.05) is 18.5 Å². The molecule has 0 N–H and O–H groups in total. The molecule has 84 valence electrons. The molecular formula is C11H11ClN2O2. The Morgan fingerprint density at radius 3 is 2.19 bits per heavy atom. The second kappa shape index (κ2) is 9.81. The topological polar surface area (TPSA) is 58.9 Å². The average Bonchev–Trinajstić information content (AvgIpc) is 2.31. The second-order valence-electron chi connectivity index (χ2n) is 2.65. The zero-order valence-corrected chi connectivity index (χ0v) is 9.57. The highest BCUT2D eigenvalue weighted by Gasteiger charge is 1.86. The first kappa shape index (κ1) is 14.3. The number of aliphatic imine (C=N–C) groups is 2. The van der Waals surface area contributed by atoms with Gasteiger partial charge in [0.05, 0.1) is 12.2 Å². The summed E-state index contributed by atoms with van der Waals surface area (Å²) in [6.07, 6.45) is 3.80. The van der Waals surface area contributed by atoms with E-state index in [1.165, 1.54) is 12.2 Å². The molecular weight excluding hydrogens is 228 g/mol. The summed E-state index contributed by atoms with van der Waals surface area (Å²) in [4.78, 5) is 25.7. The Hall–Kier alpha value is -1.73. The molecule has 0 spiro atoms. The number of isocyanates is 2. The van der Waals surface area contributed by atoms with E-state index in [0.717, 1.165) is 6.42 Å². The summed E-state index contributed by atoms with van der Waals surface area (Å²) in [5.41, 5.74) is 0.569. The molecule has 0 radical (unpaired) electrons. The van der Waals surface area contributed by atoms with Crippen LogP contribution in [0.15, 0.2) is 34.3 Å². The fourth-order valence-corrected chi connectivity index (χ4v) is 0.852. The summed E-state index contributed by atoms with van der Waals surface area (Å²) in [6.45, 7) is 2.57. The van der Waals surface area contributed by atoms with Gasteiger partial charge in [0.1, 0.15) is 0 Å². The van der Waals surface area contributed by atoms with Crippen LogP contribution < -0.4 is 0 Å². The largest absolute Gasteiger partial charge is 0.240 e. The highest BCUT2D eigenvalue weighted by molar-refractivity contribution is 6.30. The number of rotatable bonds is 3. The molecule has 0 bridgehead atoms. The molecule has 0 atom stereocenters. The van der Waals surface area contributed by atoms with E-state index in [4.69, 9.17) is 11.6 Å². The SMILES string of the molecule is CCCN=C=O.O=C=Nc1ccc(Cl)cc1. The van der Waals surface area contributed by atoms with Gasteiger partial charge >= 0.3 is 0 Å². The van der Waals surface area contributed by atoms with Crippen molar-refractivity contribution in [2.45, 2.75) is 13.3 Å². The number of carbonyl (C=O) groups excluding carboxylic acids is 2. The zero-order chi connectivity index (χ0) is 12.2. The van der Waals surface area contributed by atoms with Crippen LogP contribution in [-0.4, -0.2) is 18.7 Å². The van der Waals surface area contributed by atoms with Gasteiger partial charge in [0.15, 0.2) is 0 Å². The first-order valence-corrected chi connectivity index (χ1v) is 4.99. The molecule has 5 heteroatoms. The molecule has 0 saturated heterocycles. The quantitative estimate of drug-likeness (QED) is 0.600. The van der Waals surface area contributed by atoms with Crippen molar-refractivity contribution in [3.05, 3.63) is 29.3 Å². The molecule has 0 aliphatic rings. The summed E-state index contributed by atoms with van der Waals surface area (Å²) in [5.74, 6) is 0. The van der Waals surface area contributed by atoms with Gasteiger partial charge in [0.25, 0.3) is 0 Å².